The summed E-state index contributed by atoms with van der Waals surface area (Å²) in [7, 11) is 0. The highest BCUT2D eigenvalue weighted by atomic mass is 16.2. The van der Waals surface area contributed by atoms with Crippen molar-refractivity contribution in [3.63, 3.8) is 0 Å². The van der Waals surface area contributed by atoms with Crippen LogP contribution in [0.15, 0.2) is 6.20 Å². The molecule has 0 aliphatic rings. The number of hydrogen-bond donors (Lipinski definition) is 3. The van der Waals surface area contributed by atoms with Crippen molar-refractivity contribution in [2.24, 2.45) is 0 Å². The molecular weight excluding hydrogens is 192 g/mol. The fourth-order valence-electron chi connectivity index (χ4n) is 1.19. The predicted molar refractivity (Wildman–Crippen MR) is 58.0 cm³/mol. The van der Waals surface area contributed by atoms with Crippen molar-refractivity contribution in [3.05, 3.63) is 11.9 Å². The summed E-state index contributed by atoms with van der Waals surface area (Å²) in [6.45, 7) is 2.00. The molecule has 1 rings (SSSR count). The average molecular weight is 206 g/mol. The molecular formula is C10H14N4O. The summed E-state index contributed by atoms with van der Waals surface area (Å²) in [6.07, 6.45) is 8.32. The molecule has 0 spiro atoms. The zero-order valence-electron chi connectivity index (χ0n) is 8.58. The van der Waals surface area contributed by atoms with Crippen LogP contribution in [0.25, 0.3) is 0 Å². The largest absolute Gasteiger partial charge is 0.396 e. The Morgan fingerprint density at radius 3 is 3.07 bits per heavy atom. The molecule has 1 aromatic rings. The Bertz CT molecular complexity index is 377. The third kappa shape index (κ3) is 2.74. The van der Waals surface area contributed by atoms with Crippen molar-refractivity contribution >= 4 is 11.6 Å². The topological polar surface area (TPSA) is 83.8 Å². The summed E-state index contributed by atoms with van der Waals surface area (Å²) < 4.78 is 0. The van der Waals surface area contributed by atoms with E-state index < -0.39 is 0 Å². The summed E-state index contributed by atoms with van der Waals surface area (Å²) in [6, 6.07) is -0.259. The number of nitrogens with zero attached hydrogens (tertiary/aromatic N) is 1. The molecule has 0 aliphatic heterocycles. The Balaban J connectivity index is 2.64. The van der Waals surface area contributed by atoms with E-state index in [1.807, 2.05) is 6.92 Å². The molecule has 1 heterocycles. The van der Waals surface area contributed by atoms with Gasteiger partial charge in [0.05, 0.1) is 17.9 Å². The van der Waals surface area contributed by atoms with Crippen LogP contribution in [0, 0.1) is 12.3 Å². The molecule has 1 amide bonds. The molecule has 4 N–H and O–H groups in total. The third-order valence-corrected chi connectivity index (χ3v) is 1.98. The van der Waals surface area contributed by atoms with Gasteiger partial charge in [0, 0.05) is 0 Å². The van der Waals surface area contributed by atoms with Crippen molar-refractivity contribution in [1.29, 1.82) is 0 Å². The SMILES string of the molecule is C#CC(CCC)NC(=O)c1[nH]ncc1N. The van der Waals surface area contributed by atoms with E-state index >= 15 is 0 Å². The molecule has 1 aromatic heterocycles. The molecule has 0 saturated heterocycles. The Hall–Kier alpha value is -1.96. The first kappa shape index (κ1) is 11.1. The Kier molecular flexibility index (Phi) is 3.75. The number of nitrogen functional groups attached to an aromatic ring is 1. The molecule has 1 atom stereocenters. The van der Waals surface area contributed by atoms with Crippen LogP contribution < -0.4 is 11.1 Å². The van der Waals surface area contributed by atoms with Crippen molar-refractivity contribution in [2.75, 3.05) is 5.73 Å². The van der Waals surface area contributed by atoms with Crippen LogP contribution in [0.4, 0.5) is 5.69 Å². The number of nitrogens with two attached hydrogens (primary N) is 1. The van der Waals surface area contributed by atoms with Crippen LogP contribution in [0.1, 0.15) is 30.3 Å². The highest BCUT2D eigenvalue weighted by Crippen LogP contribution is 2.06. The minimum Gasteiger partial charge on any atom is -0.396 e. The second-order valence-electron chi connectivity index (χ2n) is 3.18. The van der Waals surface area contributed by atoms with Gasteiger partial charge < -0.3 is 11.1 Å². The normalized spacial score (nSPS) is 11.7. The minimum absolute atomic E-state index is 0.256. The van der Waals surface area contributed by atoms with E-state index in [0.717, 1.165) is 12.8 Å². The van der Waals surface area contributed by atoms with Crippen LogP contribution in [-0.4, -0.2) is 22.1 Å². The minimum atomic E-state index is -0.318. The van der Waals surface area contributed by atoms with Gasteiger partial charge in [0.2, 0.25) is 0 Å². The molecule has 0 radical (unpaired) electrons. The van der Waals surface area contributed by atoms with Gasteiger partial charge in [0.25, 0.3) is 5.91 Å². The lowest BCUT2D eigenvalue weighted by molar-refractivity contribution is 0.0940. The number of carbonyl (C=O) groups excluding carboxylic acids is 1. The van der Waals surface area contributed by atoms with Gasteiger partial charge in [-0.1, -0.05) is 19.3 Å². The monoisotopic (exact) mass is 206 g/mol. The second kappa shape index (κ2) is 5.05. The van der Waals surface area contributed by atoms with Gasteiger partial charge in [0.15, 0.2) is 0 Å². The first-order chi connectivity index (χ1) is 7.19. The average Bonchev–Trinajstić information content (AvgIpc) is 2.63. The third-order valence-electron chi connectivity index (χ3n) is 1.98. The van der Waals surface area contributed by atoms with Crippen molar-refractivity contribution in [3.8, 4) is 12.3 Å². The van der Waals surface area contributed by atoms with E-state index in [2.05, 4.69) is 21.4 Å². The highest BCUT2D eigenvalue weighted by Gasteiger charge is 2.14. The maximum Gasteiger partial charge on any atom is 0.272 e. The van der Waals surface area contributed by atoms with Crippen molar-refractivity contribution in [2.45, 2.75) is 25.8 Å². The molecule has 15 heavy (non-hydrogen) atoms. The lowest BCUT2D eigenvalue weighted by Crippen LogP contribution is -2.34. The number of aromatic amines is 1. The van der Waals surface area contributed by atoms with E-state index in [-0.39, 0.29) is 17.6 Å². The van der Waals surface area contributed by atoms with Gasteiger partial charge in [-0.15, -0.1) is 6.42 Å². The zero-order chi connectivity index (χ0) is 11.3. The first-order valence-corrected chi connectivity index (χ1v) is 4.74. The van der Waals surface area contributed by atoms with Crippen molar-refractivity contribution in [1.82, 2.24) is 15.5 Å². The van der Waals surface area contributed by atoms with Gasteiger partial charge >= 0.3 is 0 Å². The smallest absolute Gasteiger partial charge is 0.272 e. The number of rotatable bonds is 4. The number of nitrogens with one attached hydrogen (secondary N) is 2. The fourth-order valence-corrected chi connectivity index (χ4v) is 1.19. The Labute approximate surface area is 88.4 Å². The summed E-state index contributed by atoms with van der Waals surface area (Å²) in [5.74, 6) is 2.19. The van der Waals surface area contributed by atoms with Crippen LogP contribution in [0.5, 0.6) is 0 Å². The van der Waals surface area contributed by atoms with E-state index in [1.54, 1.807) is 0 Å². The second-order valence-corrected chi connectivity index (χ2v) is 3.18. The molecule has 0 bridgehead atoms. The maximum atomic E-state index is 11.6. The summed E-state index contributed by atoms with van der Waals surface area (Å²) in [4.78, 5) is 11.6. The van der Waals surface area contributed by atoms with Crippen LogP contribution in [0.3, 0.4) is 0 Å². The molecule has 0 saturated carbocycles. The summed E-state index contributed by atoms with van der Waals surface area (Å²) >= 11 is 0. The standard InChI is InChI=1S/C10H14N4O/c1-3-5-7(4-2)13-10(15)9-8(11)6-12-14-9/h2,6-7H,3,5,11H2,1H3,(H,12,14)(H,13,15). The van der Waals surface area contributed by atoms with Crippen LogP contribution in [0.2, 0.25) is 0 Å². The molecule has 0 aliphatic carbocycles. The molecule has 80 valence electrons. The number of aromatic nitrogens is 2. The van der Waals surface area contributed by atoms with Gasteiger partial charge in [-0.05, 0) is 6.42 Å². The summed E-state index contributed by atoms with van der Waals surface area (Å²) in [5, 5.41) is 8.87. The number of carbonyl (C=O) groups is 1. The van der Waals surface area contributed by atoms with E-state index in [9.17, 15) is 4.79 Å². The number of terminal acetylenes is 1. The number of H-pyrrole nitrogens is 1. The van der Waals surface area contributed by atoms with Gasteiger partial charge in [-0.3, -0.25) is 9.89 Å². The zero-order valence-corrected chi connectivity index (χ0v) is 8.58. The van der Waals surface area contributed by atoms with Gasteiger partial charge in [-0.25, -0.2) is 0 Å². The van der Waals surface area contributed by atoms with Gasteiger partial charge in [-0.2, -0.15) is 5.10 Å². The number of hydrogen-bond acceptors (Lipinski definition) is 3. The first-order valence-electron chi connectivity index (χ1n) is 4.74. The van der Waals surface area contributed by atoms with Crippen LogP contribution >= 0.6 is 0 Å². The molecule has 5 nitrogen and oxygen atoms in total. The maximum absolute atomic E-state index is 11.6. The van der Waals surface area contributed by atoms with Crippen LogP contribution in [-0.2, 0) is 0 Å². The number of amides is 1. The van der Waals surface area contributed by atoms with E-state index in [1.165, 1.54) is 6.20 Å². The van der Waals surface area contributed by atoms with E-state index in [0.29, 0.717) is 5.69 Å². The number of anilines is 1. The summed E-state index contributed by atoms with van der Waals surface area (Å²) in [5.41, 5.74) is 6.10. The molecule has 0 aromatic carbocycles. The highest BCUT2D eigenvalue weighted by molar-refractivity contribution is 5.97. The Morgan fingerprint density at radius 2 is 2.60 bits per heavy atom. The quantitative estimate of drug-likeness (QED) is 0.628. The fraction of sp³-hybridized carbons (Fsp3) is 0.400. The lowest BCUT2D eigenvalue weighted by atomic mass is 10.2. The van der Waals surface area contributed by atoms with E-state index in [4.69, 9.17) is 12.2 Å². The van der Waals surface area contributed by atoms with Gasteiger partial charge in [0.1, 0.15) is 5.69 Å². The Morgan fingerprint density at radius 1 is 1.87 bits per heavy atom. The lowest BCUT2D eigenvalue weighted by Gasteiger charge is -2.10. The van der Waals surface area contributed by atoms with Crippen molar-refractivity contribution < 1.29 is 4.79 Å². The molecule has 5 heteroatoms. The predicted octanol–water partition coefficient (Wildman–Crippen LogP) is 0.524. The molecule has 0 fully saturated rings. The molecule has 1 unspecified atom stereocenters.